The first-order valence-corrected chi connectivity index (χ1v) is 11.4. The maximum atomic E-state index is 13.4. The second-order valence-electron chi connectivity index (χ2n) is 9.39. The first-order chi connectivity index (χ1) is 16.6. The lowest BCUT2D eigenvalue weighted by molar-refractivity contribution is -0.114. The van der Waals surface area contributed by atoms with Crippen molar-refractivity contribution in [2.45, 2.75) is 52.2 Å². The smallest absolute Gasteiger partial charge is 0.410 e. The standard InChI is InChI=1S/C25H28FN5O4/c1-15(32)27-23-29-20-10-9-19(16-5-7-17(26)8-6-16)28-21(20)22(30-23)34-18-11-13-31(14-12-18)24(33)35-25(2,3)4/h5-10,18H,11-14H2,1-4H3,(H,27,29,30,32). The number of anilines is 1. The van der Waals surface area contributed by atoms with Crippen LogP contribution in [-0.4, -0.2) is 56.6 Å². The fourth-order valence-electron chi connectivity index (χ4n) is 3.71. The number of hydrogen-bond acceptors (Lipinski definition) is 7. The van der Waals surface area contributed by atoms with Crippen molar-refractivity contribution in [3.63, 3.8) is 0 Å². The Labute approximate surface area is 202 Å². The molecule has 3 heterocycles. The van der Waals surface area contributed by atoms with E-state index in [2.05, 4.69) is 20.3 Å². The molecule has 0 unspecified atom stereocenters. The van der Waals surface area contributed by atoms with Crippen LogP contribution in [0.5, 0.6) is 5.88 Å². The van der Waals surface area contributed by atoms with Gasteiger partial charge in [0.1, 0.15) is 17.5 Å². The van der Waals surface area contributed by atoms with Gasteiger partial charge in [0.15, 0.2) is 5.52 Å². The number of carbonyl (C=O) groups excluding carboxylic acids is 2. The Hall–Kier alpha value is -3.82. The number of rotatable bonds is 4. The van der Waals surface area contributed by atoms with Crippen LogP contribution in [0.1, 0.15) is 40.5 Å². The summed E-state index contributed by atoms with van der Waals surface area (Å²) >= 11 is 0. The zero-order valence-corrected chi connectivity index (χ0v) is 20.2. The molecular weight excluding hydrogens is 453 g/mol. The molecule has 35 heavy (non-hydrogen) atoms. The van der Waals surface area contributed by atoms with Crippen LogP contribution in [-0.2, 0) is 9.53 Å². The van der Waals surface area contributed by atoms with Crippen LogP contribution in [0.4, 0.5) is 15.1 Å². The predicted molar refractivity (Wildman–Crippen MR) is 128 cm³/mol. The van der Waals surface area contributed by atoms with E-state index in [9.17, 15) is 14.0 Å². The maximum absolute atomic E-state index is 13.4. The topological polar surface area (TPSA) is 107 Å². The number of nitrogens with zero attached hydrogens (tertiary/aromatic N) is 4. The van der Waals surface area contributed by atoms with E-state index in [-0.39, 0.29) is 35.7 Å². The third kappa shape index (κ3) is 6.20. The van der Waals surface area contributed by atoms with Crippen LogP contribution < -0.4 is 10.1 Å². The van der Waals surface area contributed by atoms with Crippen molar-refractivity contribution in [1.29, 1.82) is 0 Å². The average molecular weight is 482 g/mol. The van der Waals surface area contributed by atoms with Gasteiger partial charge in [-0.1, -0.05) is 0 Å². The van der Waals surface area contributed by atoms with Crippen molar-refractivity contribution in [3.8, 4) is 17.1 Å². The number of amides is 2. The molecule has 2 amide bonds. The second-order valence-corrected chi connectivity index (χ2v) is 9.39. The number of halogens is 1. The number of piperidine rings is 1. The number of likely N-dealkylation sites (tertiary alicyclic amines) is 1. The van der Waals surface area contributed by atoms with Crippen molar-refractivity contribution >= 4 is 29.0 Å². The van der Waals surface area contributed by atoms with Gasteiger partial charge in [-0.05, 0) is 57.2 Å². The third-order valence-electron chi connectivity index (χ3n) is 5.31. The Morgan fingerprint density at radius 3 is 2.34 bits per heavy atom. The molecule has 184 valence electrons. The molecule has 0 aliphatic carbocycles. The van der Waals surface area contributed by atoms with E-state index < -0.39 is 5.60 Å². The van der Waals surface area contributed by atoms with Crippen LogP contribution in [0, 0.1) is 5.82 Å². The SMILES string of the molecule is CC(=O)Nc1nc(OC2CCN(C(=O)OC(C)(C)C)CC2)c2nc(-c3ccc(F)cc3)ccc2n1. The summed E-state index contributed by atoms with van der Waals surface area (Å²) in [4.78, 5) is 39.1. The van der Waals surface area contributed by atoms with Crippen LogP contribution in [0.3, 0.4) is 0 Å². The van der Waals surface area contributed by atoms with Gasteiger partial charge in [-0.3, -0.25) is 10.1 Å². The number of carbonyl (C=O) groups is 2. The number of benzene rings is 1. The fourth-order valence-corrected chi connectivity index (χ4v) is 3.71. The molecule has 0 bridgehead atoms. The maximum Gasteiger partial charge on any atom is 0.410 e. The van der Waals surface area contributed by atoms with Crippen molar-refractivity contribution in [2.75, 3.05) is 18.4 Å². The number of pyridine rings is 1. The molecule has 4 rings (SSSR count). The lowest BCUT2D eigenvalue weighted by Crippen LogP contribution is -2.44. The summed E-state index contributed by atoms with van der Waals surface area (Å²) in [6.45, 7) is 7.84. The Morgan fingerprint density at radius 2 is 1.71 bits per heavy atom. The molecule has 9 nitrogen and oxygen atoms in total. The largest absolute Gasteiger partial charge is 0.473 e. The van der Waals surface area contributed by atoms with Gasteiger partial charge in [0.2, 0.25) is 17.7 Å². The van der Waals surface area contributed by atoms with E-state index in [0.717, 1.165) is 5.56 Å². The Kier molecular flexibility index (Phi) is 6.81. The molecule has 0 saturated carbocycles. The molecule has 1 fully saturated rings. The first kappa shape index (κ1) is 24.3. The number of nitrogens with one attached hydrogen (secondary N) is 1. The Bertz CT molecular complexity index is 1240. The molecular formula is C25H28FN5O4. The summed E-state index contributed by atoms with van der Waals surface area (Å²) in [6.07, 6.45) is 0.602. The number of ether oxygens (including phenoxy) is 2. The number of aromatic nitrogens is 3. The van der Waals surface area contributed by atoms with E-state index in [1.165, 1.54) is 19.1 Å². The van der Waals surface area contributed by atoms with Crippen LogP contribution in [0.15, 0.2) is 36.4 Å². The van der Waals surface area contributed by atoms with Crippen molar-refractivity contribution in [2.24, 2.45) is 0 Å². The van der Waals surface area contributed by atoms with Gasteiger partial charge in [-0.15, -0.1) is 0 Å². The monoisotopic (exact) mass is 481 g/mol. The number of hydrogen-bond donors (Lipinski definition) is 1. The normalized spacial score (nSPS) is 14.6. The van der Waals surface area contributed by atoms with E-state index in [1.54, 1.807) is 29.2 Å². The summed E-state index contributed by atoms with van der Waals surface area (Å²) in [5.41, 5.74) is 1.71. The minimum absolute atomic E-state index is 0.113. The van der Waals surface area contributed by atoms with Gasteiger partial charge >= 0.3 is 6.09 Å². The van der Waals surface area contributed by atoms with Crippen LogP contribution in [0.25, 0.3) is 22.3 Å². The molecule has 0 spiro atoms. The minimum atomic E-state index is -0.557. The van der Waals surface area contributed by atoms with E-state index in [0.29, 0.717) is 42.7 Å². The van der Waals surface area contributed by atoms with E-state index in [1.807, 2.05) is 20.8 Å². The first-order valence-electron chi connectivity index (χ1n) is 11.4. The molecule has 1 N–H and O–H groups in total. The van der Waals surface area contributed by atoms with Gasteiger partial charge in [0.05, 0.1) is 11.2 Å². The molecule has 1 aliphatic heterocycles. The van der Waals surface area contributed by atoms with Gasteiger partial charge in [-0.25, -0.2) is 19.2 Å². The van der Waals surface area contributed by atoms with Crippen molar-refractivity contribution in [1.82, 2.24) is 19.9 Å². The molecule has 3 aromatic rings. The molecule has 1 saturated heterocycles. The summed E-state index contributed by atoms with van der Waals surface area (Å²) in [5, 5.41) is 2.59. The van der Waals surface area contributed by atoms with Gasteiger partial charge in [-0.2, -0.15) is 4.98 Å². The quantitative estimate of drug-likeness (QED) is 0.582. The Balaban J connectivity index is 1.58. The summed E-state index contributed by atoms with van der Waals surface area (Å²) in [5.74, 6) is -0.294. The lowest BCUT2D eigenvalue weighted by atomic mass is 10.1. The summed E-state index contributed by atoms with van der Waals surface area (Å²) in [7, 11) is 0. The molecule has 1 aromatic carbocycles. The van der Waals surface area contributed by atoms with Gasteiger partial charge in [0, 0.05) is 38.4 Å². The minimum Gasteiger partial charge on any atom is -0.473 e. The van der Waals surface area contributed by atoms with E-state index >= 15 is 0 Å². The van der Waals surface area contributed by atoms with Crippen LogP contribution in [0.2, 0.25) is 0 Å². The molecule has 0 atom stereocenters. The predicted octanol–water partition coefficient (Wildman–Crippen LogP) is 4.57. The number of fused-ring (bicyclic) bond motifs is 1. The highest BCUT2D eigenvalue weighted by molar-refractivity contribution is 5.89. The molecule has 10 heteroatoms. The zero-order chi connectivity index (χ0) is 25.2. The van der Waals surface area contributed by atoms with Crippen molar-refractivity contribution in [3.05, 3.63) is 42.2 Å². The highest BCUT2D eigenvalue weighted by Crippen LogP contribution is 2.29. The fraction of sp³-hybridized carbons (Fsp3) is 0.400. The highest BCUT2D eigenvalue weighted by Gasteiger charge is 2.28. The molecule has 0 radical (unpaired) electrons. The Morgan fingerprint density at radius 1 is 1.03 bits per heavy atom. The van der Waals surface area contributed by atoms with E-state index in [4.69, 9.17) is 9.47 Å². The average Bonchev–Trinajstić information content (AvgIpc) is 2.78. The molecule has 2 aromatic heterocycles. The highest BCUT2D eigenvalue weighted by atomic mass is 19.1. The zero-order valence-electron chi connectivity index (χ0n) is 20.2. The summed E-state index contributed by atoms with van der Waals surface area (Å²) in [6, 6.07) is 9.54. The molecule has 1 aliphatic rings. The second kappa shape index (κ2) is 9.81. The third-order valence-corrected chi connectivity index (χ3v) is 5.31. The van der Waals surface area contributed by atoms with Gasteiger partial charge < -0.3 is 14.4 Å². The van der Waals surface area contributed by atoms with Gasteiger partial charge in [0.25, 0.3) is 0 Å². The van der Waals surface area contributed by atoms with Crippen molar-refractivity contribution < 1.29 is 23.5 Å². The van der Waals surface area contributed by atoms with Crippen LogP contribution >= 0.6 is 0 Å². The summed E-state index contributed by atoms with van der Waals surface area (Å²) < 4.78 is 25.0. The lowest BCUT2D eigenvalue weighted by Gasteiger charge is -2.33.